The molecule has 0 atom stereocenters. The van der Waals surface area contributed by atoms with Crippen LogP contribution < -0.4 is 4.74 Å². The summed E-state index contributed by atoms with van der Waals surface area (Å²) >= 11 is 6.56. The molecule has 0 amide bonds. The molecule has 1 nitrogen and oxygen atoms in total. The fourth-order valence-corrected chi connectivity index (χ4v) is 4.21. The van der Waals surface area contributed by atoms with Crippen molar-refractivity contribution in [2.24, 2.45) is 5.41 Å². The van der Waals surface area contributed by atoms with E-state index in [1.165, 1.54) is 30.6 Å². The van der Waals surface area contributed by atoms with E-state index < -0.39 is 0 Å². The van der Waals surface area contributed by atoms with E-state index in [2.05, 4.69) is 38.6 Å². The molecule has 0 bridgehead atoms. The van der Waals surface area contributed by atoms with Gasteiger partial charge >= 0.3 is 0 Å². The van der Waals surface area contributed by atoms with Crippen molar-refractivity contribution in [3.05, 3.63) is 24.3 Å². The Labute approximate surface area is 127 Å². The minimum atomic E-state index is 0.386. The molecule has 0 aromatic heterocycles. The second kappa shape index (κ2) is 8.80. The fourth-order valence-electron chi connectivity index (χ4n) is 2.44. The first-order chi connectivity index (χ1) is 9.19. The van der Waals surface area contributed by atoms with Gasteiger partial charge in [0.05, 0.1) is 7.11 Å². The summed E-state index contributed by atoms with van der Waals surface area (Å²) in [6.45, 7) is 4.54. The quantitative estimate of drug-likeness (QED) is 0.489. The van der Waals surface area contributed by atoms with Crippen molar-refractivity contribution in [2.45, 2.75) is 44.4 Å². The van der Waals surface area contributed by atoms with Gasteiger partial charge in [-0.1, -0.05) is 26.7 Å². The van der Waals surface area contributed by atoms with Crippen LogP contribution in [0.1, 0.15) is 39.5 Å². The smallest absolute Gasteiger partial charge is 0.118 e. The third kappa shape index (κ3) is 5.31. The number of hydrogen-bond donors (Lipinski definition) is 1. The summed E-state index contributed by atoms with van der Waals surface area (Å²) in [5.74, 6) is 3.06. The molecule has 0 spiro atoms. The Kier molecular flexibility index (Phi) is 7.77. The van der Waals surface area contributed by atoms with Crippen molar-refractivity contribution in [3.8, 4) is 5.75 Å². The molecule has 0 fully saturated rings. The highest BCUT2D eigenvalue weighted by Gasteiger charge is 2.26. The summed E-state index contributed by atoms with van der Waals surface area (Å²) in [5, 5.41) is 0. The maximum atomic E-state index is 5.19. The third-order valence-corrected chi connectivity index (χ3v) is 5.53. The van der Waals surface area contributed by atoms with Gasteiger partial charge in [-0.15, -0.1) is 11.8 Å². The number of methoxy groups -OCH3 is 1. The van der Waals surface area contributed by atoms with Crippen LogP contribution in [0.5, 0.6) is 5.75 Å². The molecule has 1 aromatic carbocycles. The topological polar surface area (TPSA) is 9.23 Å². The predicted octanol–water partition coefficient (Wildman–Crippen LogP) is 5.30. The maximum Gasteiger partial charge on any atom is 0.118 e. The monoisotopic (exact) mass is 298 g/mol. The minimum absolute atomic E-state index is 0.386. The molecule has 0 aliphatic rings. The van der Waals surface area contributed by atoms with Crippen molar-refractivity contribution in [1.82, 2.24) is 0 Å². The van der Waals surface area contributed by atoms with Crippen LogP contribution in [0.3, 0.4) is 0 Å². The molecule has 1 aromatic rings. The number of hydrogen-bond acceptors (Lipinski definition) is 3. The molecule has 0 aliphatic carbocycles. The lowest BCUT2D eigenvalue weighted by Crippen LogP contribution is -2.25. The Morgan fingerprint density at radius 3 is 2.11 bits per heavy atom. The Hall–Kier alpha value is -0.280. The number of rotatable bonds is 9. The van der Waals surface area contributed by atoms with Crippen molar-refractivity contribution < 1.29 is 4.74 Å². The summed E-state index contributed by atoms with van der Waals surface area (Å²) in [6, 6.07) is 8.35. The summed E-state index contributed by atoms with van der Waals surface area (Å²) in [5.41, 5.74) is 0.386. The van der Waals surface area contributed by atoms with Gasteiger partial charge in [0.15, 0.2) is 0 Å². The molecule has 19 heavy (non-hydrogen) atoms. The highest BCUT2D eigenvalue weighted by atomic mass is 32.2. The van der Waals surface area contributed by atoms with Gasteiger partial charge in [-0.05, 0) is 48.3 Å². The second-order valence-electron chi connectivity index (χ2n) is 5.12. The molecular weight excluding hydrogens is 272 g/mol. The summed E-state index contributed by atoms with van der Waals surface area (Å²) < 4.78 is 5.19. The van der Waals surface area contributed by atoms with Crippen LogP contribution in [0.15, 0.2) is 29.2 Å². The third-order valence-electron chi connectivity index (χ3n) is 3.50. The average molecular weight is 299 g/mol. The first-order valence-corrected chi connectivity index (χ1v) is 8.69. The number of ether oxygens (including phenoxy) is 1. The van der Waals surface area contributed by atoms with Gasteiger partial charge in [0.2, 0.25) is 0 Å². The SMILES string of the molecule is CCCC(CS)(CCC)CSc1ccc(OC)cc1. The van der Waals surface area contributed by atoms with E-state index in [9.17, 15) is 0 Å². The first-order valence-electron chi connectivity index (χ1n) is 7.07. The zero-order valence-electron chi connectivity index (χ0n) is 12.3. The Balaban J connectivity index is 2.63. The lowest BCUT2D eigenvalue weighted by molar-refractivity contribution is 0.318. The molecule has 0 N–H and O–H groups in total. The van der Waals surface area contributed by atoms with Crippen molar-refractivity contribution in [3.63, 3.8) is 0 Å². The minimum Gasteiger partial charge on any atom is -0.497 e. The van der Waals surface area contributed by atoms with E-state index in [0.717, 1.165) is 17.3 Å². The standard InChI is InChI=1S/C16H26OS2/c1-4-10-16(12-18,11-5-2)13-19-15-8-6-14(17-3)7-9-15/h6-9,18H,4-5,10-13H2,1-3H3. The van der Waals surface area contributed by atoms with E-state index in [1.807, 2.05) is 23.9 Å². The van der Waals surface area contributed by atoms with Gasteiger partial charge in [0.25, 0.3) is 0 Å². The molecule has 0 saturated heterocycles. The lowest BCUT2D eigenvalue weighted by atomic mass is 9.83. The van der Waals surface area contributed by atoms with Crippen LogP contribution in [0.4, 0.5) is 0 Å². The number of thiol groups is 1. The van der Waals surface area contributed by atoms with Gasteiger partial charge in [-0.3, -0.25) is 0 Å². The lowest BCUT2D eigenvalue weighted by Gasteiger charge is -2.31. The molecular formula is C16H26OS2. The molecule has 108 valence electrons. The van der Waals surface area contributed by atoms with Crippen LogP contribution in [-0.2, 0) is 0 Å². The second-order valence-corrected chi connectivity index (χ2v) is 6.49. The fraction of sp³-hybridized carbons (Fsp3) is 0.625. The van der Waals surface area contributed by atoms with Crippen LogP contribution in [0.2, 0.25) is 0 Å². The number of benzene rings is 1. The van der Waals surface area contributed by atoms with Gasteiger partial charge in [-0.2, -0.15) is 12.6 Å². The van der Waals surface area contributed by atoms with Crippen LogP contribution in [-0.4, -0.2) is 18.6 Å². The number of thioether (sulfide) groups is 1. The molecule has 0 heterocycles. The summed E-state index contributed by atoms with van der Waals surface area (Å²) in [7, 11) is 1.70. The van der Waals surface area contributed by atoms with E-state index >= 15 is 0 Å². The van der Waals surface area contributed by atoms with Crippen LogP contribution in [0, 0.1) is 5.41 Å². The average Bonchev–Trinajstić information content (AvgIpc) is 2.46. The Morgan fingerprint density at radius 2 is 1.68 bits per heavy atom. The van der Waals surface area contributed by atoms with Crippen molar-refractivity contribution in [2.75, 3.05) is 18.6 Å². The highest BCUT2D eigenvalue weighted by Crippen LogP contribution is 2.37. The molecule has 0 unspecified atom stereocenters. The van der Waals surface area contributed by atoms with Crippen LogP contribution >= 0.6 is 24.4 Å². The van der Waals surface area contributed by atoms with Gasteiger partial charge in [-0.25, -0.2) is 0 Å². The zero-order chi connectivity index (χ0) is 14.1. The zero-order valence-corrected chi connectivity index (χ0v) is 14.0. The summed E-state index contributed by atoms with van der Waals surface area (Å²) in [4.78, 5) is 1.32. The molecule has 0 saturated carbocycles. The van der Waals surface area contributed by atoms with Crippen molar-refractivity contribution in [1.29, 1.82) is 0 Å². The molecule has 0 aliphatic heterocycles. The summed E-state index contributed by atoms with van der Waals surface area (Å²) in [6.07, 6.45) is 5.02. The Morgan fingerprint density at radius 1 is 1.11 bits per heavy atom. The van der Waals surface area contributed by atoms with Gasteiger partial charge < -0.3 is 4.74 Å². The van der Waals surface area contributed by atoms with Gasteiger partial charge in [0, 0.05) is 10.6 Å². The van der Waals surface area contributed by atoms with E-state index in [1.54, 1.807) is 7.11 Å². The molecule has 0 radical (unpaired) electrons. The predicted molar refractivity (Wildman–Crippen MR) is 89.8 cm³/mol. The van der Waals surface area contributed by atoms with E-state index in [-0.39, 0.29) is 0 Å². The largest absolute Gasteiger partial charge is 0.497 e. The van der Waals surface area contributed by atoms with Crippen LogP contribution in [0.25, 0.3) is 0 Å². The highest BCUT2D eigenvalue weighted by molar-refractivity contribution is 7.99. The van der Waals surface area contributed by atoms with E-state index in [4.69, 9.17) is 4.74 Å². The molecule has 3 heteroatoms. The Bertz CT molecular complexity index is 342. The first kappa shape index (κ1) is 16.8. The molecule has 1 rings (SSSR count). The van der Waals surface area contributed by atoms with Gasteiger partial charge in [0.1, 0.15) is 5.75 Å². The normalized spacial score (nSPS) is 11.6. The van der Waals surface area contributed by atoms with E-state index in [0.29, 0.717) is 5.41 Å². The van der Waals surface area contributed by atoms with Crippen molar-refractivity contribution >= 4 is 24.4 Å². The maximum absolute atomic E-state index is 5.19.